The van der Waals surface area contributed by atoms with Gasteiger partial charge >= 0.3 is 0 Å². The average molecular weight is 816 g/mol. The number of aromatic nitrogens is 1. The fourth-order valence-corrected chi connectivity index (χ4v) is 10.8. The zero-order valence-corrected chi connectivity index (χ0v) is 36.0. The van der Waals surface area contributed by atoms with E-state index in [1.165, 1.54) is 111 Å². The molecule has 0 spiro atoms. The van der Waals surface area contributed by atoms with Crippen LogP contribution in [-0.2, 0) is 5.41 Å². The van der Waals surface area contributed by atoms with Crippen molar-refractivity contribution < 1.29 is 0 Å². The number of nitrogens with zero attached hydrogens (tertiary/aromatic N) is 1. The molecule has 0 saturated heterocycles. The lowest BCUT2D eigenvalue weighted by Crippen LogP contribution is -2.16. The second-order valence-electron chi connectivity index (χ2n) is 17.6. The smallest absolute Gasteiger partial charge is 0.0632 e. The first kappa shape index (κ1) is 37.7. The van der Waals surface area contributed by atoms with Crippen LogP contribution >= 0.6 is 0 Å². The first-order valence-corrected chi connectivity index (χ1v) is 22.4. The Morgan fingerprint density at radius 2 is 0.781 bits per heavy atom. The van der Waals surface area contributed by atoms with Crippen LogP contribution in [0.3, 0.4) is 0 Å². The van der Waals surface area contributed by atoms with Crippen molar-refractivity contribution in [1.82, 2.24) is 4.57 Å². The number of benzene rings is 10. The maximum atomic E-state index is 2.52. The van der Waals surface area contributed by atoms with E-state index < -0.39 is 0 Å². The first-order valence-electron chi connectivity index (χ1n) is 22.4. The highest BCUT2D eigenvalue weighted by Crippen LogP contribution is 2.55. The normalized spacial score (nSPS) is 12.7. The zero-order valence-electron chi connectivity index (χ0n) is 36.0. The van der Waals surface area contributed by atoms with Gasteiger partial charge in [0.15, 0.2) is 0 Å². The predicted molar refractivity (Wildman–Crippen MR) is 271 cm³/mol. The van der Waals surface area contributed by atoms with Crippen molar-refractivity contribution in [2.45, 2.75) is 19.3 Å². The van der Waals surface area contributed by atoms with Gasteiger partial charge in [0.25, 0.3) is 0 Å². The van der Waals surface area contributed by atoms with E-state index in [1.54, 1.807) is 0 Å². The van der Waals surface area contributed by atoms with Gasteiger partial charge in [0, 0.05) is 38.6 Å². The summed E-state index contributed by atoms with van der Waals surface area (Å²) in [5, 5.41) is 2.45. The lowest BCUT2D eigenvalue weighted by molar-refractivity contribution is 0.662. The molecule has 64 heavy (non-hydrogen) atoms. The Labute approximate surface area is 375 Å². The van der Waals surface area contributed by atoms with Gasteiger partial charge in [0.05, 0.1) is 11.0 Å². The SMILES string of the molecule is CC1(C)c2ccccc2-c2cccc(-c3ccc(-c4ccc5c(c4)c4c(-c6ccccc6)c(-c6ccccc6)c(-c6ccccc6)c(-c6ccccc6)c4n5-c4ccccc4)cc3)c21. The molecule has 12 rings (SSSR count). The Hall–Kier alpha value is -8.00. The van der Waals surface area contributed by atoms with Crippen LogP contribution in [-0.4, -0.2) is 4.57 Å². The molecular formula is C63H45N. The van der Waals surface area contributed by atoms with E-state index in [9.17, 15) is 0 Å². The molecule has 1 heteroatoms. The quantitative estimate of drug-likeness (QED) is 0.151. The van der Waals surface area contributed by atoms with Gasteiger partial charge in [0.1, 0.15) is 0 Å². The van der Waals surface area contributed by atoms with Gasteiger partial charge in [-0.3, -0.25) is 0 Å². The first-order chi connectivity index (χ1) is 31.6. The lowest BCUT2D eigenvalue weighted by atomic mass is 9.79. The molecule has 11 aromatic rings. The van der Waals surface area contributed by atoms with Gasteiger partial charge in [-0.1, -0.05) is 226 Å². The second-order valence-corrected chi connectivity index (χ2v) is 17.6. The number of fused-ring (bicyclic) bond motifs is 6. The third-order valence-electron chi connectivity index (χ3n) is 13.6. The number of hydrogen-bond donors (Lipinski definition) is 0. The van der Waals surface area contributed by atoms with E-state index in [4.69, 9.17) is 0 Å². The highest BCUT2D eigenvalue weighted by molar-refractivity contribution is 6.26. The van der Waals surface area contributed by atoms with Crippen molar-refractivity contribution in [2.24, 2.45) is 0 Å². The molecule has 1 nitrogen and oxygen atoms in total. The van der Waals surface area contributed by atoms with Crippen LogP contribution < -0.4 is 0 Å². The van der Waals surface area contributed by atoms with E-state index in [-0.39, 0.29) is 5.41 Å². The van der Waals surface area contributed by atoms with Crippen molar-refractivity contribution in [3.63, 3.8) is 0 Å². The van der Waals surface area contributed by atoms with E-state index in [2.05, 4.69) is 255 Å². The number of rotatable bonds is 7. The van der Waals surface area contributed by atoms with Crippen LogP contribution in [0.5, 0.6) is 0 Å². The summed E-state index contributed by atoms with van der Waals surface area (Å²) in [4.78, 5) is 0. The molecule has 302 valence electrons. The average Bonchev–Trinajstić information content (AvgIpc) is 3.82. The van der Waals surface area contributed by atoms with Crippen LogP contribution in [0.25, 0.3) is 105 Å². The predicted octanol–water partition coefficient (Wildman–Crippen LogP) is 17.1. The van der Waals surface area contributed by atoms with Crippen molar-refractivity contribution >= 4 is 21.8 Å². The summed E-state index contributed by atoms with van der Waals surface area (Å²) < 4.78 is 2.52. The van der Waals surface area contributed by atoms with Crippen molar-refractivity contribution in [1.29, 1.82) is 0 Å². The minimum atomic E-state index is -0.0900. The second kappa shape index (κ2) is 15.1. The molecule has 0 unspecified atom stereocenters. The Balaban J connectivity index is 1.17. The Bertz CT molecular complexity index is 3510. The molecule has 1 aromatic heterocycles. The van der Waals surface area contributed by atoms with E-state index in [0.29, 0.717) is 0 Å². The van der Waals surface area contributed by atoms with Crippen LogP contribution in [0.1, 0.15) is 25.0 Å². The minimum Gasteiger partial charge on any atom is -0.309 e. The molecule has 0 saturated carbocycles. The van der Waals surface area contributed by atoms with Crippen LogP contribution in [0, 0.1) is 0 Å². The Morgan fingerprint density at radius 1 is 0.328 bits per heavy atom. The largest absolute Gasteiger partial charge is 0.309 e. The molecule has 0 bridgehead atoms. The summed E-state index contributed by atoms with van der Waals surface area (Å²) >= 11 is 0. The monoisotopic (exact) mass is 815 g/mol. The van der Waals surface area contributed by atoms with Crippen molar-refractivity contribution in [2.75, 3.05) is 0 Å². The molecular weight excluding hydrogens is 771 g/mol. The van der Waals surface area contributed by atoms with E-state index in [1.807, 2.05) is 0 Å². The molecule has 1 heterocycles. The van der Waals surface area contributed by atoms with Crippen LogP contribution in [0.15, 0.2) is 237 Å². The molecule has 0 atom stereocenters. The van der Waals surface area contributed by atoms with Gasteiger partial charge in [-0.05, 0) is 96.6 Å². The van der Waals surface area contributed by atoms with Gasteiger partial charge in [-0.25, -0.2) is 0 Å². The van der Waals surface area contributed by atoms with Gasteiger partial charge in [0.2, 0.25) is 0 Å². The lowest BCUT2D eigenvalue weighted by Gasteiger charge is -2.24. The van der Waals surface area contributed by atoms with Crippen LogP contribution in [0.4, 0.5) is 0 Å². The standard InChI is InChI=1S/C63H45N/c1-63(2)54-34-19-18-31-51(54)52-33-20-32-50(61(52)63)43-37-35-42(36-38-43)48-39-40-55-53(41-48)60-58(46-25-12-5-13-26-46)56(44-21-8-3-9-22-44)57(45-23-10-4-11-24-45)59(47-27-14-6-15-28-47)62(60)64(55)49-29-16-7-17-30-49/h3-41H,1-2H3. The Morgan fingerprint density at radius 3 is 1.39 bits per heavy atom. The third kappa shape index (κ3) is 5.93. The summed E-state index contributed by atoms with van der Waals surface area (Å²) in [6.07, 6.45) is 0. The van der Waals surface area contributed by atoms with Gasteiger partial charge < -0.3 is 4.57 Å². The van der Waals surface area contributed by atoms with Crippen LogP contribution in [0.2, 0.25) is 0 Å². The number of hydrogen-bond acceptors (Lipinski definition) is 0. The molecule has 0 radical (unpaired) electrons. The molecule has 1 aliphatic carbocycles. The fraction of sp³-hybridized carbons (Fsp3) is 0.0476. The third-order valence-corrected chi connectivity index (χ3v) is 13.6. The van der Waals surface area contributed by atoms with E-state index in [0.717, 1.165) is 5.69 Å². The summed E-state index contributed by atoms with van der Waals surface area (Å²) in [6.45, 7) is 4.74. The molecule has 10 aromatic carbocycles. The minimum absolute atomic E-state index is 0.0900. The van der Waals surface area contributed by atoms with E-state index >= 15 is 0 Å². The highest BCUT2D eigenvalue weighted by atomic mass is 15.0. The molecule has 0 N–H and O–H groups in total. The summed E-state index contributed by atoms with van der Waals surface area (Å²) in [5.74, 6) is 0. The topological polar surface area (TPSA) is 4.93 Å². The maximum absolute atomic E-state index is 2.52. The van der Waals surface area contributed by atoms with Crippen molar-refractivity contribution in [3.8, 4) is 83.6 Å². The summed E-state index contributed by atoms with van der Waals surface area (Å²) in [7, 11) is 0. The maximum Gasteiger partial charge on any atom is 0.0632 e. The Kier molecular flexibility index (Phi) is 8.91. The van der Waals surface area contributed by atoms with Crippen molar-refractivity contribution in [3.05, 3.63) is 248 Å². The fourth-order valence-electron chi connectivity index (χ4n) is 10.8. The molecule has 0 amide bonds. The highest BCUT2D eigenvalue weighted by Gasteiger charge is 2.37. The van der Waals surface area contributed by atoms with Gasteiger partial charge in [-0.2, -0.15) is 0 Å². The zero-order chi connectivity index (χ0) is 42.8. The molecule has 0 aliphatic heterocycles. The summed E-state index contributed by atoms with van der Waals surface area (Å²) in [6, 6.07) is 87.1. The molecule has 1 aliphatic rings. The molecule has 0 fully saturated rings. The summed E-state index contributed by atoms with van der Waals surface area (Å²) in [5.41, 5.74) is 23.4. The number of para-hydroxylation sites is 1. The van der Waals surface area contributed by atoms with Gasteiger partial charge in [-0.15, -0.1) is 0 Å².